The number of furan rings is 1. The number of sulfonamides is 1. The van der Waals surface area contributed by atoms with E-state index in [0.29, 0.717) is 24.3 Å². The first-order valence-electron chi connectivity index (χ1n) is 7.75. The molecule has 1 aliphatic rings. The maximum atomic E-state index is 12.3. The maximum Gasteiger partial charge on any atom is 0.274 e. The van der Waals surface area contributed by atoms with Gasteiger partial charge in [-0.3, -0.25) is 0 Å². The first kappa shape index (κ1) is 16.5. The summed E-state index contributed by atoms with van der Waals surface area (Å²) in [4.78, 5) is 0. The van der Waals surface area contributed by atoms with Crippen LogP contribution in [-0.2, 0) is 16.6 Å². The second-order valence-electron chi connectivity index (χ2n) is 6.16. The van der Waals surface area contributed by atoms with Crippen LogP contribution in [0.1, 0.15) is 52.2 Å². The first-order valence-corrected chi connectivity index (χ1v) is 9.23. The largest absolute Gasteiger partial charge is 0.447 e. The Bertz CT molecular complexity index is 547. The molecule has 1 fully saturated rings. The minimum Gasteiger partial charge on any atom is -0.447 e. The average Bonchev–Trinajstić information content (AvgIpc) is 3.09. The van der Waals surface area contributed by atoms with E-state index in [2.05, 4.69) is 10.0 Å². The Hall–Kier alpha value is -0.850. The number of rotatable bonds is 9. The van der Waals surface area contributed by atoms with E-state index in [1.54, 1.807) is 6.07 Å². The summed E-state index contributed by atoms with van der Waals surface area (Å²) in [7, 11) is -3.55. The predicted octanol–water partition coefficient (Wildman–Crippen LogP) is 2.63. The van der Waals surface area contributed by atoms with Crippen molar-refractivity contribution in [1.82, 2.24) is 10.0 Å². The van der Waals surface area contributed by atoms with E-state index in [-0.39, 0.29) is 11.1 Å². The van der Waals surface area contributed by atoms with E-state index >= 15 is 0 Å². The summed E-state index contributed by atoms with van der Waals surface area (Å²) < 4.78 is 32.9. The van der Waals surface area contributed by atoms with Gasteiger partial charge in [0.25, 0.3) is 10.0 Å². The molecule has 1 atom stereocenters. The third-order valence-electron chi connectivity index (χ3n) is 3.72. The molecule has 0 bridgehead atoms. The van der Waals surface area contributed by atoms with Crippen LogP contribution in [0.2, 0.25) is 0 Å². The molecule has 0 radical (unpaired) electrons. The van der Waals surface area contributed by atoms with Gasteiger partial charge in [0.05, 0.1) is 6.54 Å². The van der Waals surface area contributed by atoms with E-state index < -0.39 is 10.0 Å². The summed E-state index contributed by atoms with van der Waals surface area (Å²) in [5.41, 5.74) is 0. The minimum atomic E-state index is -3.55. The third-order valence-corrected chi connectivity index (χ3v) is 5.11. The van der Waals surface area contributed by atoms with Crippen molar-refractivity contribution >= 4 is 10.0 Å². The van der Waals surface area contributed by atoms with Crippen LogP contribution < -0.4 is 10.0 Å². The molecule has 0 aromatic carbocycles. The zero-order valence-corrected chi connectivity index (χ0v) is 13.9. The summed E-state index contributed by atoms with van der Waals surface area (Å²) in [6.07, 6.45) is 4.18. The molecule has 2 N–H and O–H groups in total. The predicted molar refractivity (Wildman–Crippen MR) is 82.4 cm³/mol. The molecule has 0 saturated heterocycles. The van der Waals surface area contributed by atoms with Gasteiger partial charge in [0.2, 0.25) is 5.09 Å². The third kappa shape index (κ3) is 5.13. The normalized spacial score (nSPS) is 17.3. The van der Waals surface area contributed by atoms with Gasteiger partial charge < -0.3 is 9.73 Å². The summed E-state index contributed by atoms with van der Waals surface area (Å²) >= 11 is 0. The van der Waals surface area contributed by atoms with Gasteiger partial charge in [-0.15, -0.1) is 0 Å². The molecule has 1 heterocycles. The molecule has 0 spiro atoms. The lowest BCUT2D eigenvalue weighted by molar-refractivity contribution is 0.389. The highest BCUT2D eigenvalue weighted by Gasteiger charge is 2.28. The van der Waals surface area contributed by atoms with Crippen LogP contribution in [0.4, 0.5) is 0 Å². The Morgan fingerprint density at radius 3 is 2.62 bits per heavy atom. The van der Waals surface area contributed by atoms with Gasteiger partial charge in [-0.1, -0.05) is 33.6 Å². The van der Waals surface area contributed by atoms with Gasteiger partial charge in [0.15, 0.2) is 0 Å². The fourth-order valence-corrected chi connectivity index (χ4v) is 3.52. The van der Waals surface area contributed by atoms with Gasteiger partial charge in [0, 0.05) is 12.1 Å². The van der Waals surface area contributed by atoms with E-state index in [9.17, 15) is 8.42 Å². The van der Waals surface area contributed by atoms with Gasteiger partial charge >= 0.3 is 0 Å². The van der Waals surface area contributed by atoms with Gasteiger partial charge in [-0.25, -0.2) is 13.1 Å². The van der Waals surface area contributed by atoms with Crippen molar-refractivity contribution in [2.24, 2.45) is 5.92 Å². The van der Waals surface area contributed by atoms with Gasteiger partial charge in [0.1, 0.15) is 5.76 Å². The summed E-state index contributed by atoms with van der Waals surface area (Å²) in [5.74, 6) is 1.33. The van der Waals surface area contributed by atoms with Crippen molar-refractivity contribution in [2.45, 2.75) is 70.2 Å². The average molecular weight is 314 g/mol. The number of hydrogen-bond acceptors (Lipinski definition) is 4. The lowest BCUT2D eigenvalue weighted by atomic mass is 10.1. The van der Waals surface area contributed by atoms with Gasteiger partial charge in [-0.05, 0) is 30.9 Å². The molecule has 0 aliphatic heterocycles. The molecule has 21 heavy (non-hydrogen) atoms. The van der Waals surface area contributed by atoms with Crippen molar-refractivity contribution in [3.8, 4) is 0 Å². The highest BCUT2D eigenvalue weighted by Crippen LogP contribution is 2.34. The minimum absolute atomic E-state index is 0.00448. The SMILES string of the molecule is CCC(CC1CC1)NS(=O)(=O)c1ccc(CNC(C)C)o1. The Balaban J connectivity index is 1.97. The van der Waals surface area contributed by atoms with Crippen LogP contribution in [0.3, 0.4) is 0 Å². The quantitative estimate of drug-likeness (QED) is 0.735. The fraction of sp³-hybridized carbons (Fsp3) is 0.733. The van der Waals surface area contributed by atoms with Crippen molar-refractivity contribution in [1.29, 1.82) is 0 Å². The lowest BCUT2D eigenvalue weighted by Crippen LogP contribution is -2.34. The summed E-state index contributed by atoms with van der Waals surface area (Å²) in [6, 6.07) is 3.58. The summed E-state index contributed by atoms with van der Waals surface area (Å²) in [6.45, 7) is 6.61. The van der Waals surface area contributed by atoms with Crippen LogP contribution in [0.25, 0.3) is 0 Å². The molecule has 1 saturated carbocycles. The molecular weight excluding hydrogens is 288 g/mol. The van der Waals surface area contributed by atoms with E-state index in [0.717, 1.165) is 12.8 Å². The second-order valence-corrected chi connectivity index (χ2v) is 7.81. The van der Waals surface area contributed by atoms with Crippen molar-refractivity contribution < 1.29 is 12.8 Å². The molecule has 1 aliphatic carbocycles. The monoisotopic (exact) mass is 314 g/mol. The first-order chi connectivity index (χ1) is 9.90. The van der Waals surface area contributed by atoms with Crippen LogP contribution in [0.5, 0.6) is 0 Å². The number of nitrogens with one attached hydrogen (secondary N) is 2. The summed E-state index contributed by atoms with van der Waals surface area (Å²) in [5, 5.41) is 3.22. The molecule has 5 nitrogen and oxygen atoms in total. The van der Waals surface area contributed by atoms with Crippen LogP contribution in [0.15, 0.2) is 21.6 Å². The highest BCUT2D eigenvalue weighted by molar-refractivity contribution is 7.89. The van der Waals surface area contributed by atoms with Crippen LogP contribution >= 0.6 is 0 Å². The molecule has 0 amide bonds. The molecule has 6 heteroatoms. The molecule has 1 aromatic rings. The lowest BCUT2D eigenvalue weighted by Gasteiger charge is -2.15. The zero-order chi connectivity index (χ0) is 15.5. The Labute approximate surface area is 127 Å². The van der Waals surface area contributed by atoms with E-state index in [4.69, 9.17) is 4.42 Å². The molecule has 1 unspecified atom stereocenters. The Kier molecular flexibility index (Phi) is 5.46. The van der Waals surface area contributed by atoms with E-state index in [1.165, 1.54) is 18.9 Å². The smallest absolute Gasteiger partial charge is 0.274 e. The Morgan fingerprint density at radius 1 is 1.33 bits per heavy atom. The molecule has 1 aromatic heterocycles. The molecule has 2 rings (SSSR count). The molecular formula is C15H26N2O3S. The van der Waals surface area contributed by atoms with Crippen molar-refractivity contribution in [3.05, 3.63) is 17.9 Å². The van der Waals surface area contributed by atoms with Crippen LogP contribution in [-0.4, -0.2) is 20.5 Å². The highest BCUT2D eigenvalue weighted by atomic mass is 32.2. The van der Waals surface area contributed by atoms with Gasteiger partial charge in [-0.2, -0.15) is 0 Å². The van der Waals surface area contributed by atoms with Crippen molar-refractivity contribution in [2.75, 3.05) is 0 Å². The standard InChI is InChI=1S/C15H26N2O3S/c1-4-13(9-12-5-6-12)17-21(18,19)15-8-7-14(20-15)10-16-11(2)3/h7-8,11-13,16-17H,4-6,9-10H2,1-3H3. The van der Waals surface area contributed by atoms with E-state index in [1.807, 2.05) is 20.8 Å². The number of hydrogen-bond donors (Lipinski definition) is 2. The maximum absolute atomic E-state index is 12.3. The van der Waals surface area contributed by atoms with Crippen molar-refractivity contribution in [3.63, 3.8) is 0 Å². The second kappa shape index (κ2) is 6.94. The van der Waals surface area contributed by atoms with Crippen LogP contribution in [0, 0.1) is 5.92 Å². The Morgan fingerprint density at radius 2 is 2.05 bits per heavy atom. The zero-order valence-electron chi connectivity index (χ0n) is 13.1. The molecule has 120 valence electrons. The topological polar surface area (TPSA) is 71.3 Å². The fourth-order valence-electron chi connectivity index (χ4n) is 2.23.